The Hall–Kier alpha value is -0.980. The fourth-order valence-corrected chi connectivity index (χ4v) is 2.94. The molecule has 16 heavy (non-hydrogen) atoms. The zero-order valence-electron chi connectivity index (χ0n) is 8.96. The van der Waals surface area contributed by atoms with E-state index in [4.69, 9.17) is 0 Å². The van der Waals surface area contributed by atoms with Crippen molar-refractivity contribution in [1.29, 1.82) is 0 Å². The maximum Gasteiger partial charge on any atom is 0.279 e. The monoisotopic (exact) mass is 241 g/mol. The lowest BCUT2D eigenvalue weighted by Crippen LogP contribution is -2.38. The van der Waals surface area contributed by atoms with Crippen molar-refractivity contribution >= 4 is 10.2 Å². The lowest BCUT2D eigenvalue weighted by Gasteiger charge is -2.15. The molecule has 6 heteroatoms. The Bertz CT molecular complexity index is 427. The number of hydrogen-bond acceptors (Lipinski definition) is 3. The SMILES string of the molecule is O=S(=O)(NCc1ccccn1)N1CCCC1. The smallest absolute Gasteiger partial charge is 0.260 e. The fraction of sp³-hybridized carbons (Fsp3) is 0.500. The Morgan fingerprint density at radius 1 is 1.31 bits per heavy atom. The Morgan fingerprint density at radius 2 is 2.06 bits per heavy atom. The molecule has 2 rings (SSSR count). The van der Waals surface area contributed by atoms with E-state index in [9.17, 15) is 8.42 Å². The molecule has 1 aromatic heterocycles. The molecule has 0 radical (unpaired) electrons. The fourth-order valence-electron chi connectivity index (χ4n) is 1.69. The van der Waals surface area contributed by atoms with Crippen LogP contribution in [0.3, 0.4) is 0 Å². The van der Waals surface area contributed by atoms with Crippen molar-refractivity contribution in [2.75, 3.05) is 13.1 Å². The summed E-state index contributed by atoms with van der Waals surface area (Å²) < 4.78 is 27.6. The Labute approximate surface area is 95.7 Å². The number of nitrogens with zero attached hydrogens (tertiary/aromatic N) is 2. The second-order valence-electron chi connectivity index (χ2n) is 3.75. The molecule has 1 fully saturated rings. The summed E-state index contributed by atoms with van der Waals surface area (Å²) in [6.45, 7) is 1.49. The van der Waals surface area contributed by atoms with Crippen LogP contribution in [0.5, 0.6) is 0 Å². The molecule has 1 saturated heterocycles. The van der Waals surface area contributed by atoms with E-state index in [2.05, 4.69) is 9.71 Å². The second-order valence-corrected chi connectivity index (χ2v) is 5.51. The van der Waals surface area contributed by atoms with Gasteiger partial charge in [-0.15, -0.1) is 0 Å². The van der Waals surface area contributed by atoms with Crippen LogP contribution in [0.25, 0.3) is 0 Å². The van der Waals surface area contributed by atoms with Crippen LogP contribution in [0.2, 0.25) is 0 Å². The molecule has 0 spiro atoms. The third kappa shape index (κ3) is 2.78. The number of pyridine rings is 1. The molecule has 1 aromatic rings. The second kappa shape index (κ2) is 4.90. The summed E-state index contributed by atoms with van der Waals surface area (Å²) in [5.74, 6) is 0. The van der Waals surface area contributed by atoms with Crippen molar-refractivity contribution in [3.63, 3.8) is 0 Å². The van der Waals surface area contributed by atoms with E-state index in [1.807, 2.05) is 6.07 Å². The van der Waals surface area contributed by atoms with E-state index in [0.717, 1.165) is 18.5 Å². The van der Waals surface area contributed by atoms with Crippen molar-refractivity contribution < 1.29 is 8.42 Å². The van der Waals surface area contributed by atoms with Gasteiger partial charge in [-0.2, -0.15) is 17.4 Å². The third-order valence-electron chi connectivity index (χ3n) is 2.57. The summed E-state index contributed by atoms with van der Waals surface area (Å²) in [6.07, 6.45) is 3.55. The lowest BCUT2D eigenvalue weighted by molar-refractivity contribution is 0.464. The molecule has 1 N–H and O–H groups in total. The maximum atomic E-state index is 11.8. The van der Waals surface area contributed by atoms with Crippen LogP contribution in [0.15, 0.2) is 24.4 Å². The molecule has 0 aliphatic carbocycles. The Balaban J connectivity index is 1.94. The van der Waals surface area contributed by atoms with Crippen molar-refractivity contribution in [1.82, 2.24) is 14.0 Å². The molecule has 0 atom stereocenters. The molecule has 0 bridgehead atoms. The van der Waals surface area contributed by atoms with Crippen LogP contribution < -0.4 is 4.72 Å². The minimum Gasteiger partial charge on any atom is -0.260 e. The molecule has 5 nitrogen and oxygen atoms in total. The van der Waals surface area contributed by atoms with Crippen molar-refractivity contribution in [3.05, 3.63) is 30.1 Å². The normalized spacial score (nSPS) is 17.8. The first-order valence-electron chi connectivity index (χ1n) is 5.33. The topological polar surface area (TPSA) is 62.3 Å². The summed E-state index contributed by atoms with van der Waals surface area (Å²) in [6, 6.07) is 5.44. The number of rotatable bonds is 4. The van der Waals surface area contributed by atoms with E-state index in [1.54, 1.807) is 18.3 Å². The molecule has 0 amide bonds. The molecule has 88 valence electrons. The molecular formula is C10H15N3O2S. The predicted molar refractivity (Wildman–Crippen MR) is 60.8 cm³/mol. The Morgan fingerprint density at radius 3 is 2.69 bits per heavy atom. The number of nitrogens with one attached hydrogen (secondary N) is 1. The lowest BCUT2D eigenvalue weighted by atomic mass is 10.4. The van der Waals surface area contributed by atoms with Crippen LogP contribution in [0.1, 0.15) is 18.5 Å². The van der Waals surface area contributed by atoms with Crippen LogP contribution in [-0.2, 0) is 16.8 Å². The zero-order valence-corrected chi connectivity index (χ0v) is 9.78. The van der Waals surface area contributed by atoms with Crippen LogP contribution in [0.4, 0.5) is 0 Å². The van der Waals surface area contributed by atoms with Crippen LogP contribution in [-0.4, -0.2) is 30.8 Å². The van der Waals surface area contributed by atoms with Crippen LogP contribution >= 0.6 is 0 Å². The summed E-state index contributed by atoms with van der Waals surface area (Å²) in [5, 5.41) is 0. The summed E-state index contributed by atoms with van der Waals surface area (Å²) in [7, 11) is -3.31. The highest BCUT2D eigenvalue weighted by Crippen LogP contribution is 2.11. The van der Waals surface area contributed by atoms with Gasteiger partial charge in [-0.25, -0.2) is 0 Å². The first-order valence-corrected chi connectivity index (χ1v) is 6.77. The summed E-state index contributed by atoms with van der Waals surface area (Å²) in [4.78, 5) is 4.06. The third-order valence-corrected chi connectivity index (χ3v) is 4.12. The quantitative estimate of drug-likeness (QED) is 0.835. The maximum absolute atomic E-state index is 11.8. The van der Waals surface area contributed by atoms with Gasteiger partial charge in [0.25, 0.3) is 10.2 Å². The highest BCUT2D eigenvalue weighted by molar-refractivity contribution is 7.87. The zero-order chi connectivity index (χ0) is 11.4. The van der Waals surface area contributed by atoms with Crippen molar-refractivity contribution in [2.45, 2.75) is 19.4 Å². The molecule has 1 aliphatic rings. The summed E-state index contributed by atoms with van der Waals surface area (Å²) >= 11 is 0. The van der Waals surface area contributed by atoms with Gasteiger partial charge in [0.1, 0.15) is 0 Å². The van der Waals surface area contributed by atoms with Gasteiger partial charge in [-0.05, 0) is 25.0 Å². The molecule has 0 saturated carbocycles. The van der Waals surface area contributed by atoms with E-state index in [1.165, 1.54) is 4.31 Å². The van der Waals surface area contributed by atoms with Gasteiger partial charge >= 0.3 is 0 Å². The number of hydrogen-bond donors (Lipinski definition) is 1. The standard InChI is InChI=1S/C10H15N3O2S/c14-16(15,13-7-3-4-8-13)12-9-10-5-1-2-6-11-10/h1-2,5-6,12H,3-4,7-9H2. The average Bonchev–Trinajstić information content (AvgIpc) is 2.82. The Kier molecular flexibility index (Phi) is 3.52. The van der Waals surface area contributed by atoms with Crippen LogP contribution in [0, 0.1) is 0 Å². The van der Waals surface area contributed by atoms with Crippen molar-refractivity contribution in [2.24, 2.45) is 0 Å². The van der Waals surface area contributed by atoms with E-state index in [-0.39, 0.29) is 6.54 Å². The molecule has 0 unspecified atom stereocenters. The molecular weight excluding hydrogens is 226 g/mol. The van der Waals surface area contributed by atoms with E-state index in [0.29, 0.717) is 13.1 Å². The van der Waals surface area contributed by atoms with Gasteiger partial charge in [0.2, 0.25) is 0 Å². The molecule has 2 heterocycles. The molecule has 0 aromatic carbocycles. The number of aromatic nitrogens is 1. The minimum atomic E-state index is -3.31. The first kappa shape index (κ1) is 11.5. The summed E-state index contributed by atoms with van der Waals surface area (Å²) in [5.41, 5.74) is 0.727. The average molecular weight is 241 g/mol. The highest BCUT2D eigenvalue weighted by Gasteiger charge is 2.24. The van der Waals surface area contributed by atoms with Gasteiger partial charge in [-0.1, -0.05) is 6.07 Å². The largest absolute Gasteiger partial charge is 0.279 e. The van der Waals surface area contributed by atoms with Gasteiger partial charge in [-0.3, -0.25) is 4.98 Å². The van der Waals surface area contributed by atoms with Crippen molar-refractivity contribution in [3.8, 4) is 0 Å². The van der Waals surface area contributed by atoms with Gasteiger partial charge < -0.3 is 0 Å². The minimum absolute atomic E-state index is 0.250. The van der Waals surface area contributed by atoms with E-state index >= 15 is 0 Å². The van der Waals surface area contributed by atoms with Gasteiger partial charge in [0.05, 0.1) is 12.2 Å². The highest BCUT2D eigenvalue weighted by atomic mass is 32.2. The predicted octanol–water partition coefficient (Wildman–Crippen LogP) is 0.512. The van der Waals surface area contributed by atoms with Gasteiger partial charge in [0, 0.05) is 19.3 Å². The van der Waals surface area contributed by atoms with Gasteiger partial charge in [0.15, 0.2) is 0 Å². The van der Waals surface area contributed by atoms with E-state index < -0.39 is 10.2 Å². The molecule has 1 aliphatic heterocycles. The first-order chi connectivity index (χ1) is 7.68.